The molecule has 1 amide bonds. The van der Waals surface area contributed by atoms with E-state index < -0.39 is 0 Å². The van der Waals surface area contributed by atoms with E-state index in [2.05, 4.69) is 15.4 Å². The molecular formula is C18H23ClN6O. The number of amides is 1. The van der Waals surface area contributed by atoms with E-state index in [-0.39, 0.29) is 5.91 Å². The Morgan fingerprint density at radius 2 is 2.04 bits per heavy atom. The maximum atomic E-state index is 12.5. The van der Waals surface area contributed by atoms with Crippen LogP contribution in [0.4, 0.5) is 0 Å². The lowest BCUT2D eigenvalue weighted by atomic mass is 10.2. The fraction of sp³-hybridized carbons (Fsp3) is 0.389. The van der Waals surface area contributed by atoms with Crippen LogP contribution in [0.15, 0.2) is 41.7 Å². The number of rotatable bonds is 4. The summed E-state index contributed by atoms with van der Waals surface area (Å²) in [5.41, 5.74) is 2.15. The predicted molar refractivity (Wildman–Crippen MR) is 102 cm³/mol. The summed E-state index contributed by atoms with van der Waals surface area (Å²) in [6.45, 7) is 2.95. The maximum absolute atomic E-state index is 12.5. The molecule has 1 aromatic heterocycles. The second kappa shape index (κ2) is 8.23. The van der Waals surface area contributed by atoms with Crippen LogP contribution in [0.1, 0.15) is 11.1 Å². The summed E-state index contributed by atoms with van der Waals surface area (Å²) in [6.07, 6.45) is 3.77. The fourth-order valence-corrected chi connectivity index (χ4v) is 3.07. The van der Waals surface area contributed by atoms with Crippen LogP contribution in [0.25, 0.3) is 0 Å². The highest BCUT2D eigenvalue weighted by Gasteiger charge is 2.25. The molecule has 1 N–H and O–H groups in total. The second-order valence-corrected chi connectivity index (χ2v) is 6.72. The van der Waals surface area contributed by atoms with Gasteiger partial charge in [0.1, 0.15) is 0 Å². The number of aliphatic imine (C=N–C) groups is 1. The lowest BCUT2D eigenvalue weighted by Gasteiger charge is -2.36. The van der Waals surface area contributed by atoms with Gasteiger partial charge in [0, 0.05) is 57.1 Å². The van der Waals surface area contributed by atoms with Crippen LogP contribution in [0.2, 0.25) is 5.02 Å². The van der Waals surface area contributed by atoms with Gasteiger partial charge >= 0.3 is 0 Å². The topological polar surface area (TPSA) is 65.8 Å². The van der Waals surface area contributed by atoms with Gasteiger partial charge in [-0.15, -0.1) is 0 Å². The van der Waals surface area contributed by atoms with Crippen LogP contribution < -0.4 is 5.32 Å². The van der Waals surface area contributed by atoms with Crippen LogP contribution >= 0.6 is 11.6 Å². The van der Waals surface area contributed by atoms with Gasteiger partial charge in [0.15, 0.2) is 5.96 Å². The molecule has 0 saturated carbocycles. The Labute approximate surface area is 158 Å². The molecule has 1 fully saturated rings. The summed E-state index contributed by atoms with van der Waals surface area (Å²) in [5, 5.41) is 8.15. The highest BCUT2D eigenvalue weighted by molar-refractivity contribution is 6.30. The third-order valence-corrected chi connectivity index (χ3v) is 4.58. The molecule has 0 spiro atoms. The molecule has 0 atom stereocenters. The fourth-order valence-electron chi connectivity index (χ4n) is 2.94. The second-order valence-electron chi connectivity index (χ2n) is 6.29. The molecule has 0 unspecified atom stereocenters. The average molecular weight is 375 g/mol. The monoisotopic (exact) mass is 374 g/mol. The Morgan fingerprint density at radius 1 is 1.27 bits per heavy atom. The SMILES string of the molecule is CN=C(NCc1cnn(C)c1)N1CCN(Cc2ccc(Cl)cc2)C(=O)C1. The minimum atomic E-state index is 0.0931. The van der Waals surface area contributed by atoms with Crippen molar-refractivity contribution >= 4 is 23.5 Å². The van der Waals surface area contributed by atoms with Crippen molar-refractivity contribution in [1.82, 2.24) is 24.9 Å². The van der Waals surface area contributed by atoms with Gasteiger partial charge in [0.2, 0.25) is 5.91 Å². The van der Waals surface area contributed by atoms with Crippen LogP contribution in [-0.2, 0) is 24.9 Å². The zero-order valence-electron chi connectivity index (χ0n) is 15.0. The largest absolute Gasteiger partial charge is 0.352 e. The van der Waals surface area contributed by atoms with E-state index >= 15 is 0 Å². The summed E-state index contributed by atoms with van der Waals surface area (Å²) in [4.78, 5) is 20.7. The molecule has 0 bridgehead atoms. The molecule has 1 aliphatic rings. The third kappa shape index (κ3) is 4.54. The molecule has 1 aliphatic heterocycles. The van der Waals surface area contributed by atoms with Crippen molar-refractivity contribution in [3.63, 3.8) is 0 Å². The number of hydrogen-bond acceptors (Lipinski definition) is 3. The molecule has 138 valence electrons. The number of carbonyl (C=O) groups excluding carboxylic acids is 1. The van der Waals surface area contributed by atoms with E-state index in [0.29, 0.717) is 31.2 Å². The van der Waals surface area contributed by atoms with Crippen LogP contribution in [0.3, 0.4) is 0 Å². The highest BCUT2D eigenvalue weighted by Crippen LogP contribution is 2.13. The van der Waals surface area contributed by atoms with Gasteiger partial charge < -0.3 is 15.1 Å². The quantitative estimate of drug-likeness (QED) is 0.650. The number of nitrogens with zero attached hydrogens (tertiary/aromatic N) is 5. The van der Waals surface area contributed by atoms with Gasteiger partial charge in [-0.05, 0) is 17.7 Å². The molecule has 1 saturated heterocycles. The van der Waals surface area contributed by atoms with E-state index in [9.17, 15) is 4.79 Å². The van der Waals surface area contributed by atoms with Gasteiger partial charge in [0.25, 0.3) is 0 Å². The molecule has 0 radical (unpaired) electrons. The van der Waals surface area contributed by atoms with Crippen molar-refractivity contribution in [2.75, 3.05) is 26.7 Å². The Balaban J connectivity index is 1.54. The number of nitrogens with one attached hydrogen (secondary N) is 1. The molecule has 3 rings (SSSR count). The molecule has 1 aromatic carbocycles. The normalized spacial score (nSPS) is 15.5. The summed E-state index contributed by atoms with van der Waals surface area (Å²) in [5.74, 6) is 0.823. The lowest BCUT2D eigenvalue weighted by Crippen LogP contribution is -2.54. The number of piperazine rings is 1. The predicted octanol–water partition coefficient (Wildman–Crippen LogP) is 1.49. The first kappa shape index (κ1) is 18.3. The standard InChI is InChI=1S/C18H23ClN6O/c1-20-18(21-9-15-10-22-23(2)11-15)25-8-7-24(17(26)13-25)12-14-3-5-16(19)6-4-14/h3-6,10-11H,7-9,12-13H2,1-2H3,(H,20,21). The zero-order chi connectivity index (χ0) is 18.5. The van der Waals surface area contributed by atoms with E-state index in [1.165, 1.54) is 0 Å². The summed E-state index contributed by atoms with van der Waals surface area (Å²) >= 11 is 5.92. The zero-order valence-corrected chi connectivity index (χ0v) is 15.8. The van der Waals surface area contributed by atoms with Crippen molar-refractivity contribution in [3.8, 4) is 0 Å². The first-order chi connectivity index (χ1) is 12.5. The number of hydrogen-bond donors (Lipinski definition) is 1. The van der Waals surface area contributed by atoms with Gasteiger partial charge in [-0.3, -0.25) is 14.5 Å². The van der Waals surface area contributed by atoms with Crippen molar-refractivity contribution < 1.29 is 4.79 Å². The number of aryl methyl sites for hydroxylation is 1. The summed E-state index contributed by atoms with van der Waals surface area (Å²) in [6, 6.07) is 7.61. The van der Waals surface area contributed by atoms with Crippen molar-refractivity contribution in [2.24, 2.45) is 12.0 Å². The molecule has 0 aliphatic carbocycles. The maximum Gasteiger partial charge on any atom is 0.242 e. The molecule has 2 heterocycles. The van der Waals surface area contributed by atoms with Crippen molar-refractivity contribution in [3.05, 3.63) is 52.8 Å². The average Bonchev–Trinajstić information content (AvgIpc) is 3.05. The summed E-state index contributed by atoms with van der Waals surface area (Å²) < 4.78 is 1.76. The number of guanidine groups is 1. The van der Waals surface area contributed by atoms with Crippen molar-refractivity contribution in [2.45, 2.75) is 13.1 Å². The lowest BCUT2D eigenvalue weighted by molar-refractivity contribution is -0.135. The Hall–Kier alpha value is -2.54. The third-order valence-electron chi connectivity index (χ3n) is 4.33. The molecule has 26 heavy (non-hydrogen) atoms. The number of benzene rings is 1. The Kier molecular flexibility index (Phi) is 5.78. The van der Waals surface area contributed by atoms with E-state index in [1.807, 2.05) is 53.5 Å². The van der Waals surface area contributed by atoms with Crippen molar-refractivity contribution in [1.29, 1.82) is 0 Å². The van der Waals surface area contributed by atoms with E-state index in [1.54, 1.807) is 11.7 Å². The first-order valence-electron chi connectivity index (χ1n) is 8.50. The Bertz CT molecular complexity index is 785. The Morgan fingerprint density at radius 3 is 2.65 bits per heavy atom. The van der Waals surface area contributed by atoms with Gasteiger partial charge in [-0.25, -0.2) is 0 Å². The number of halogens is 1. The molecule has 8 heteroatoms. The van der Waals surface area contributed by atoms with Gasteiger partial charge in [-0.1, -0.05) is 23.7 Å². The number of aromatic nitrogens is 2. The van der Waals surface area contributed by atoms with Gasteiger partial charge in [0.05, 0.1) is 12.7 Å². The van der Waals surface area contributed by atoms with Crippen LogP contribution in [0.5, 0.6) is 0 Å². The highest BCUT2D eigenvalue weighted by atomic mass is 35.5. The molecule has 2 aromatic rings. The van der Waals surface area contributed by atoms with Crippen LogP contribution in [-0.4, -0.2) is 58.1 Å². The van der Waals surface area contributed by atoms with E-state index in [4.69, 9.17) is 11.6 Å². The first-order valence-corrected chi connectivity index (χ1v) is 8.88. The minimum absolute atomic E-state index is 0.0931. The molecular weight excluding hydrogens is 352 g/mol. The molecule has 7 nitrogen and oxygen atoms in total. The van der Waals surface area contributed by atoms with E-state index in [0.717, 1.165) is 23.6 Å². The smallest absolute Gasteiger partial charge is 0.242 e. The van der Waals surface area contributed by atoms with Crippen LogP contribution in [0, 0.1) is 0 Å². The van der Waals surface area contributed by atoms with Gasteiger partial charge in [-0.2, -0.15) is 5.10 Å². The number of carbonyl (C=O) groups is 1. The summed E-state index contributed by atoms with van der Waals surface area (Å²) in [7, 11) is 3.62. The minimum Gasteiger partial charge on any atom is -0.352 e.